The lowest BCUT2D eigenvalue weighted by atomic mass is 10.2. The molecule has 2 aromatic heterocycles. The second-order valence-electron chi connectivity index (χ2n) is 3.81. The van der Waals surface area contributed by atoms with Crippen molar-refractivity contribution in [2.75, 3.05) is 5.73 Å². The molecule has 3 aromatic rings. The molecule has 0 unspecified atom stereocenters. The van der Waals surface area contributed by atoms with Crippen molar-refractivity contribution in [3.8, 4) is 0 Å². The molecule has 0 saturated carbocycles. The number of halogens is 2. The number of fused-ring (bicyclic) bond motifs is 1. The van der Waals surface area contributed by atoms with E-state index in [9.17, 15) is 5.21 Å². The summed E-state index contributed by atoms with van der Waals surface area (Å²) in [4.78, 5) is 0. The largest absolute Gasteiger partial charge is 0.409 e. The number of nitrogens with two attached hydrogens (primary N) is 1. The SMILES string of the molecule is Nc1nonc1/C(=N/O)n1ccc2ccc(Br)cc21.SI. The van der Waals surface area contributed by atoms with Gasteiger partial charge in [-0.2, -0.15) is 0 Å². The second kappa shape index (κ2) is 7.13. The number of oxime groups is 1. The van der Waals surface area contributed by atoms with Crippen LogP contribution in [0.4, 0.5) is 5.82 Å². The lowest BCUT2D eigenvalue weighted by molar-refractivity contribution is 0.304. The van der Waals surface area contributed by atoms with Crippen molar-refractivity contribution in [3.63, 3.8) is 0 Å². The molecule has 2 heterocycles. The summed E-state index contributed by atoms with van der Waals surface area (Å²) in [6.45, 7) is 0. The monoisotopic (exact) mass is 481 g/mol. The van der Waals surface area contributed by atoms with E-state index in [0.29, 0.717) is 0 Å². The summed E-state index contributed by atoms with van der Waals surface area (Å²) in [5.41, 5.74) is 6.63. The first-order valence-corrected chi connectivity index (χ1v) is 9.47. The molecule has 3 N–H and O–H groups in total. The first kappa shape index (κ1) is 16.1. The Hall–Kier alpha value is -1.27. The van der Waals surface area contributed by atoms with Gasteiger partial charge in [0.05, 0.1) is 5.52 Å². The normalized spacial score (nSPS) is 11.3. The van der Waals surface area contributed by atoms with E-state index >= 15 is 0 Å². The van der Waals surface area contributed by atoms with Crippen molar-refractivity contribution in [1.29, 1.82) is 0 Å². The quantitative estimate of drug-likeness (QED) is 0.123. The van der Waals surface area contributed by atoms with Gasteiger partial charge in [0.15, 0.2) is 11.5 Å². The minimum absolute atomic E-state index is 0.0599. The van der Waals surface area contributed by atoms with Gasteiger partial charge in [0.1, 0.15) is 0 Å². The number of anilines is 1. The summed E-state index contributed by atoms with van der Waals surface area (Å²) in [7, 11) is 3.50. The Labute approximate surface area is 145 Å². The molecular formula is C11H9BrIN5O2S. The smallest absolute Gasteiger partial charge is 0.210 e. The fraction of sp³-hybridized carbons (Fsp3) is 0. The predicted octanol–water partition coefficient (Wildman–Crippen LogP) is 3.32. The van der Waals surface area contributed by atoms with E-state index < -0.39 is 0 Å². The van der Waals surface area contributed by atoms with E-state index in [1.54, 1.807) is 10.8 Å². The average molecular weight is 482 g/mol. The van der Waals surface area contributed by atoms with Gasteiger partial charge in [-0.1, -0.05) is 27.2 Å². The number of nitrogens with zero attached hydrogens (tertiary/aromatic N) is 4. The van der Waals surface area contributed by atoms with E-state index in [-0.39, 0.29) is 17.3 Å². The molecule has 0 bridgehead atoms. The van der Waals surface area contributed by atoms with Crippen LogP contribution in [0.3, 0.4) is 0 Å². The van der Waals surface area contributed by atoms with Crippen LogP contribution in [0.2, 0.25) is 0 Å². The summed E-state index contributed by atoms with van der Waals surface area (Å²) < 4.78 is 7.08. The van der Waals surface area contributed by atoms with E-state index in [4.69, 9.17) is 5.73 Å². The van der Waals surface area contributed by atoms with Gasteiger partial charge in [-0.05, 0) is 49.7 Å². The zero-order chi connectivity index (χ0) is 15.4. The zero-order valence-electron chi connectivity index (χ0n) is 10.3. The first-order valence-electron chi connectivity index (χ1n) is 5.45. The van der Waals surface area contributed by atoms with Gasteiger partial charge in [0, 0.05) is 16.1 Å². The Morgan fingerprint density at radius 3 is 2.76 bits per heavy atom. The first-order chi connectivity index (χ1) is 10.2. The molecule has 0 saturated heterocycles. The fourth-order valence-electron chi connectivity index (χ4n) is 1.85. The summed E-state index contributed by atoms with van der Waals surface area (Å²) in [5.74, 6) is 0.205. The number of hydrogen-bond acceptors (Lipinski definition) is 7. The van der Waals surface area contributed by atoms with Crippen LogP contribution in [0.1, 0.15) is 5.69 Å². The second-order valence-corrected chi connectivity index (χ2v) is 4.73. The summed E-state index contributed by atoms with van der Waals surface area (Å²) in [6.07, 6.45) is 1.75. The molecule has 7 nitrogen and oxygen atoms in total. The molecule has 3 rings (SSSR count). The van der Waals surface area contributed by atoms with E-state index in [0.717, 1.165) is 15.4 Å². The molecule has 0 amide bonds. The molecule has 21 heavy (non-hydrogen) atoms. The van der Waals surface area contributed by atoms with Crippen LogP contribution in [-0.2, 0) is 0 Å². The highest BCUT2D eigenvalue weighted by molar-refractivity contribution is 14.2. The highest BCUT2D eigenvalue weighted by Crippen LogP contribution is 2.22. The van der Waals surface area contributed by atoms with Crippen molar-refractivity contribution < 1.29 is 9.84 Å². The predicted molar refractivity (Wildman–Crippen MR) is 95.1 cm³/mol. The van der Waals surface area contributed by atoms with Crippen LogP contribution in [-0.4, -0.2) is 25.9 Å². The van der Waals surface area contributed by atoms with Crippen LogP contribution in [0, 0.1) is 0 Å². The highest BCUT2D eigenvalue weighted by atomic mass is 127. The number of thiol groups is 1. The number of benzene rings is 1. The Morgan fingerprint density at radius 1 is 1.38 bits per heavy atom. The van der Waals surface area contributed by atoms with Crippen molar-refractivity contribution in [3.05, 3.63) is 40.6 Å². The van der Waals surface area contributed by atoms with Crippen LogP contribution < -0.4 is 5.73 Å². The maximum absolute atomic E-state index is 9.21. The Balaban J connectivity index is 0.000000774. The third-order valence-corrected chi connectivity index (χ3v) is 3.20. The minimum Gasteiger partial charge on any atom is -0.409 e. The third kappa shape index (κ3) is 3.16. The van der Waals surface area contributed by atoms with Gasteiger partial charge in [0.25, 0.3) is 0 Å². The lowest BCUT2D eigenvalue weighted by Crippen LogP contribution is -2.14. The lowest BCUT2D eigenvalue weighted by Gasteiger charge is -2.05. The number of hydrogen-bond donors (Lipinski definition) is 3. The molecule has 10 heteroatoms. The number of nitrogen functional groups attached to an aromatic ring is 1. The molecular weight excluding hydrogens is 473 g/mol. The standard InChI is InChI=1S/C11H8BrN5O2.HIS/c12-7-2-1-6-3-4-17(8(6)5-7)11(14-18)9-10(13)16-19-15-9;1-2/h1-5,18H,(H2,13,16);2H/b14-11-;. The van der Waals surface area contributed by atoms with Crippen molar-refractivity contribution in [2.45, 2.75) is 0 Å². The Morgan fingerprint density at radius 2 is 2.14 bits per heavy atom. The fourth-order valence-corrected chi connectivity index (χ4v) is 2.20. The summed E-state index contributed by atoms with van der Waals surface area (Å²) in [5, 5.41) is 20.5. The van der Waals surface area contributed by atoms with Gasteiger partial charge in [-0.25, -0.2) is 4.63 Å². The zero-order valence-corrected chi connectivity index (χ0v) is 14.9. The van der Waals surface area contributed by atoms with Crippen LogP contribution in [0.5, 0.6) is 0 Å². The molecule has 0 aliphatic carbocycles. The van der Waals surface area contributed by atoms with Gasteiger partial charge in [0.2, 0.25) is 5.84 Å². The van der Waals surface area contributed by atoms with Crippen LogP contribution in [0.25, 0.3) is 10.9 Å². The number of aromatic nitrogens is 3. The van der Waals surface area contributed by atoms with Gasteiger partial charge in [-0.3, -0.25) is 4.57 Å². The molecule has 0 radical (unpaired) electrons. The summed E-state index contributed by atoms with van der Waals surface area (Å²) in [6, 6.07) is 7.64. The number of rotatable bonds is 1. The molecule has 1 aromatic carbocycles. The average Bonchev–Trinajstić information content (AvgIpc) is 3.10. The van der Waals surface area contributed by atoms with E-state index in [1.165, 1.54) is 0 Å². The molecule has 110 valence electrons. The molecule has 0 fully saturated rings. The van der Waals surface area contributed by atoms with Crippen LogP contribution >= 0.6 is 46.9 Å². The van der Waals surface area contributed by atoms with E-state index in [2.05, 4.69) is 45.8 Å². The van der Waals surface area contributed by atoms with Crippen molar-refractivity contribution in [1.82, 2.24) is 14.9 Å². The van der Waals surface area contributed by atoms with Gasteiger partial charge < -0.3 is 10.9 Å². The topological polar surface area (TPSA) is 102 Å². The Bertz CT molecular complexity index is 788. The maximum atomic E-state index is 9.21. The van der Waals surface area contributed by atoms with Gasteiger partial charge in [-0.15, -0.1) is 9.80 Å². The molecule has 0 atom stereocenters. The highest BCUT2D eigenvalue weighted by Gasteiger charge is 2.18. The molecule has 0 aliphatic heterocycles. The van der Waals surface area contributed by atoms with Gasteiger partial charge >= 0.3 is 0 Å². The van der Waals surface area contributed by atoms with Crippen molar-refractivity contribution in [2.24, 2.45) is 5.16 Å². The molecule has 0 aliphatic rings. The van der Waals surface area contributed by atoms with Crippen molar-refractivity contribution >= 4 is 69.5 Å². The molecule has 0 spiro atoms. The third-order valence-electron chi connectivity index (χ3n) is 2.70. The summed E-state index contributed by atoms with van der Waals surface area (Å²) >= 11 is 5.24. The maximum Gasteiger partial charge on any atom is 0.210 e. The minimum atomic E-state index is 0.0599. The Kier molecular flexibility index (Phi) is 5.47. The van der Waals surface area contributed by atoms with Crippen LogP contribution in [0.15, 0.2) is 44.7 Å². The van der Waals surface area contributed by atoms with E-state index in [1.807, 2.05) is 45.5 Å².